The number of aliphatic hydroxyl groups is 1. The van der Waals surface area contributed by atoms with Crippen LogP contribution in [0.2, 0.25) is 0 Å². The molecule has 152 valence electrons. The van der Waals surface area contributed by atoms with Gasteiger partial charge in [-0.15, -0.1) is 0 Å². The number of hydrogen-bond donors (Lipinski definition) is 4. The Hall–Kier alpha value is -2.90. The van der Waals surface area contributed by atoms with Crippen molar-refractivity contribution in [3.05, 3.63) is 59.7 Å². The summed E-state index contributed by atoms with van der Waals surface area (Å²) in [6, 6.07) is 13.3. The second kappa shape index (κ2) is 10.4. The molecule has 0 spiro atoms. The second-order valence-corrected chi connectivity index (χ2v) is 6.37. The maximum Gasteiger partial charge on any atom is 0.338 e. The van der Waals surface area contributed by atoms with Crippen molar-refractivity contribution in [1.29, 1.82) is 0 Å². The highest BCUT2D eigenvalue weighted by Gasteiger charge is 2.22. The van der Waals surface area contributed by atoms with Gasteiger partial charge in [-0.1, -0.05) is 50.7 Å². The third-order valence-corrected chi connectivity index (χ3v) is 4.37. The summed E-state index contributed by atoms with van der Waals surface area (Å²) in [6.45, 7) is 3.23. The summed E-state index contributed by atoms with van der Waals surface area (Å²) in [4.78, 5) is 23.3. The maximum atomic E-state index is 12.4. The Bertz CT molecular complexity index is 773. The van der Waals surface area contributed by atoms with Crippen LogP contribution >= 0.6 is 0 Å². The van der Waals surface area contributed by atoms with E-state index in [1.165, 1.54) is 12.5 Å². The van der Waals surface area contributed by atoms with E-state index in [-0.39, 0.29) is 19.0 Å². The molecule has 0 aliphatic carbocycles. The van der Waals surface area contributed by atoms with Crippen LogP contribution in [0.15, 0.2) is 48.5 Å². The number of nitrogens with one attached hydrogen (secondary N) is 1. The average Bonchev–Trinajstić information content (AvgIpc) is 2.67. The van der Waals surface area contributed by atoms with Crippen molar-refractivity contribution in [2.45, 2.75) is 39.8 Å². The van der Waals surface area contributed by atoms with Crippen LogP contribution in [-0.4, -0.2) is 46.0 Å². The summed E-state index contributed by atoms with van der Waals surface area (Å²) in [5.74, 6) is -0.424. The topological polar surface area (TPSA) is 116 Å². The monoisotopic (exact) mass is 387 g/mol. The molecule has 0 bridgehead atoms. The van der Waals surface area contributed by atoms with Crippen LogP contribution in [-0.2, 0) is 6.42 Å². The molecule has 0 saturated heterocycles. The fraction of sp³-hybridized carbons (Fsp3) is 0.333. The molecular weight excluding hydrogens is 358 g/mol. The number of benzene rings is 2. The van der Waals surface area contributed by atoms with E-state index < -0.39 is 24.1 Å². The number of nitrogens with two attached hydrogens (primary N) is 1. The second-order valence-electron chi connectivity index (χ2n) is 6.37. The number of hydroxylamine groups is 2. The lowest BCUT2D eigenvalue weighted by molar-refractivity contribution is -0.0545. The van der Waals surface area contributed by atoms with Gasteiger partial charge in [-0.2, -0.15) is 0 Å². The maximum absolute atomic E-state index is 12.4. The van der Waals surface area contributed by atoms with Gasteiger partial charge < -0.3 is 16.2 Å². The number of carbonyl (C=O) groups is 2. The first-order valence-electron chi connectivity index (χ1n) is 8.76. The average molecular weight is 387 g/mol. The van der Waals surface area contributed by atoms with Crippen LogP contribution in [0.3, 0.4) is 0 Å². The zero-order valence-corrected chi connectivity index (χ0v) is 15.4. The first-order chi connectivity index (χ1) is 12.8. The normalized spacial score (nSPS) is 12.4. The minimum absolute atomic E-state index is 0. The quantitative estimate of drug-likeness (QED) is 0.432. The summed E-state index contributed by atoms with van der Waals surface area (Å²) < 4.78 is 0. The van der Waals surface area contributed by atoms with Gasteiger partial charge in [-0.05, 0) is 42.2 Å². The molecule has 0 unspecified atom stereocenters. The number of urea groups is 1. The molecule has 28 heavy (non-hydrogen) atoms. The zero-order valence-electron chi connectivity index (χ0n) is 15.4. The minimum Gasteiger partial charge on any atom is -0.391 e. The van der Waals surface area contributed by atoms with Gasteiger partial charge in [-0.25, -0.2) is 9.86 Å². The summed E-state index contributed by atoms with van der Waals surface area (Å²) in [6.07, 6.45) is -0.00971. The molecule has 7 nitrogen and oxygen atoms in total. The van der Waals surface area contributed by atoms with E-state index in [0.717, 1.165) is 17.5 Å². The van der Waals surface area contributed by atoms with Crippen molar-refractivity contribution < 1.29 is 19.9 Å². The summed E-state index contributed by atoms with van der Waals surface area (Å²) >= 11 is 0. The number of amides is 3. The summed E-state index contributed by atoms with van der Waals surface area (Å²) in [7, 11) is 0. The van der Waals surface area contributed by atoms with Crippen LogP contribution in [0.25, 0.3) is 11.1 Å². The largest absolute Gasteiger partial charge is 0.391 e. The molecule has 2 rings (SSSR count). The van der Waals surface area contributed by atoms with Crippen molar-refractivity contribution in [1.82, 2.24) is 10.4 Å². The van der Waals surface area contributed by atoms with Crippen LogP contribution < -0.4 is 11.1 Å². The lowest BCUT2D eigenvalue weighted by Gasteiger charge is -2.24. The Morgan fingerprint density at radius 1 is 1.07 bits per heavy atom. The van der Waals surface area contributed by atoms with E-state index in [2.05, 4.69) is 24.4 Å². The van der Waals surface area contributed by atoms with Crippen molar-refractivity contribution in [2.24, 2.45) is 5.73 Å². The lowest BCUT2D eigenvalue weighted by Crippen LogP contribution is -2.51. The Labute approximate surface area is 165 Å². The van der Waals surface area contributed by atoms with Crippen LogP contribution in [0, 0.1) is 0 Å². The Balaban J connectivity index is 0.00000392. The fourth-order valence-corrected chi connectivity index (χ4v) is 2.59. The standard InChI is InChI=1S/C20H25N3O4.CH4/c1-3-14-4-6-15(7-5-14)16-8-10-17(11-9-16)19(25)22-18(13(2)24)12-23(27)20(21)26;/h4-11,13,18,24,27H,3,12H2,1-2H3,(H2,21,26)(H,22,25);1H4/t13-,18-;/m1./s1. The van der Waals surface area contributed by atoms with Gasteiger partial charge in [0.2, 0.25) is 0 Å². The molecule has 5 N–H and O–H groups in total. The highest BCUT2D eigenvalue weighted by Crippen LogP contribution is 2.20. The Morgan fingerprint density at radius 2 is 1.57 bits per heavy atom. The van der Waals surface area contributed by atoms with E-state index >= 15 is 0 Å². The molecule has 2 aromatic rings. The smallest absolute Gasteiger partial charge is 0.338 e. The van der Waals surface area contributed by atoms with E-state index in [1.807, 2.05) is 24.3 Å². The van der Waals surface area contributed by atoms with Crippen LogP contribution in [0.4, 0.5) is 4.79 Å². The summed E-state index contributed by atoms with van der Waals surface area (Å²) in [5, 5.41) is 22.0. The molecule has 3 amide bonds. The number of hydrogen-bond acceptors (Lipinski definition) is 4. The Kier molecular flexibility index (Phi) is 8.63. The fourth-order valence-electron chi connectivity index (χ4n) is 2.59. The molecule has 0 aliphatic rings. The highest BCUT2D eigenvalue weighted by atomic mass is 16.5. The van der Waals surface area contributed by atoms with E-state index in [0.29, 0.717) is 5.56 Å². The van der Waals surface area contributed by atoms with Gasteiger partial charge in [0.25, 0.3) is 5.91 Å². The molecule has 0 fully saturated rings. The third kappa shape index (κ3) is 6.07. The highest BCUT2D eigenvalue weighted by molar-refractivity contribution is 5.95. The van der Waals surface area contributed by atoms with Gasteiger partial charge in [0.05, 0.1) is 18.7 Å². The number of carbonyl (C=O) groups excluding carboxylic acids is 2. The molecule has 0 radical (unpaired) electrons. The number of primary amides is 1. The first kappa shape index (κ1) is 23.1. The van der Waals surface area contributed by atoms with E-state index in [9.17, 15) is 19.9 Å². The van der Waals surface area contributed by atoms with Crippen molar-refractivity contribution >= 4 is 11.9 Å². The van der Waals surface area contributed by atoms with Crippen molar-refractivity contribution in [3.63, 3.8) is 0 Å². The number of rotatable bonds is 7. The molecule has 7 heteroatoms. The van der Waals surface area contributed by atoms with Crippen LogP contribution in [0.1, 0.15) is 37.2 Å². The van der Waals surface area contributed by atoms with E-state index in [4.69, 9.17) is 5.73 Å². The Morgan fingerprint density at radius 3 is 2.00 bits per heavy atom. The zero-order chi connectivity index (χ0) is 20.0. The first-order valence-corrected chi connectivity index (χ1v) is 8.76. The lowest BCUT2D eigenvalue weighted by atomic mass is 10.0. The molecule has 2 atom stereocenters. The molecule has 0 aromatic heterocycles. The molecule has 0 heterocycles. The number of nitrogens with zero attached hydrogens (tertiary/aromatic N) is 1. The van der Waals surface area contributed by atoms with Gasteiger partial charge in [0, 0.05) is 5.56 Å². The molecule has 0 saturated carbocycles. The number of aryl methyl sites for hydroxylation is 1. The van der Waals surface area contributed by atoms with E-state index in [1.54, 1.807) is 12.1 Å². The molecule has 2 aromatic carbocycles. The summed E-state index contributed by atoms with van der Waals surface area (Å²) in [5.41, 5.74) is 8.65. The van der Waals surface area contributed by atoms with Crippen LogP contribution in [0.5, 0.6) is 0 Å². The van der Waals surface area contributed by atoms with Gasteiger partial charge in [-0.3, -0.25) is 10.0 Å². The van der Waals surface area contributed by atoms with Crippen molar-refractivity contribution in [2.75, 3.05) is 6.54 Å². The van der Waals surface area contributed by atoms with Gasteiger partial charge >= 0.3 is 6.03 Å². The van der Waals surface area contributed by atoms with Crippen molar-refractivity contribution in [3.8, 4) is 11.1 Å². The van der Waals surface area contributed by atoms with Gasteiger partial charge in [0.1, 0.15) is 0 Å². The molecular formula is C21H29N3O4. The molecule has 0 aliphatic heterocycles. The minimum atomic E-state index is -1.06. The third-order valence-electron chi connectivity index (χ3n) is 4.37. The predicted molar refractivity (Wildman–Crippen MR) is 109 cm³/mol. The SMILES string of the molecule is C.CCc1ccc(-c2ccc(C(=O)N[C@H](CN(O)C(N)=O)[C@@H](C)O)cc2)cc1. The predicted octanol–water partition coefficient (Wildman–Crippen LogP) is 2.80. The van der Waals surface area contributed by atoms with Gasteiger partial charge in [0.15, 0.2) is 0 Å². The number of aliphatic hydroxyl groups excluding tert-OH is 1.